The maximum atomic E-state index is 12.8. The number of rotatable bonds is 5. The van der Waals surface area contributed by atoms with E-state index in [1.54, 1.807) is 54.3 Å². The van der Waals surface area contributed by atoms with Gasteiger partial charge in [0.1, 0.15) is 5.75 Å². The van der Waals surface area contributed by atoms with Crippen molar-refractivity contribution < 1.29 is 17.9 Å². The second kappa shape index (κ2) is 8.73. The molecule has 1 heterocycles. The van der Waals surface area contributed by atoms with Crippen molar-refractivity contribution >= 4 is 27.5 Å². The molecule has 1 saturated heterocycles. The van der Waals surface area contributed by atoms with Gasteiger partial charge in [-0.25, -0.2) is 8.42 Å². The Kier molecular flexibility index (Phi) is 6.51. The summed E-state index contributed by atoms with van der Waals surface area (Å²) in [5.74, 6) is 0.415. The molecule has 1 aliphatic rings. The summed E-state index contributed by atoms with van der Waals surface area (Å²) in [4.78, 5) is 14.6. The minimum Gasteiger partial charge on any atom is -0.481 e. The van der Waals surface area contributed by atoms with Gasteiger partial charge in [-0.3, -0.25) is 4.79 Å². The number of halogens is 1. The first kappa shape index (κ1) is 21.6. The third-order valence-corrected chi connectivity index (χ3v) is 7.34. The van der Waals surface area contributed by atoms with Crippen molar-refractivity contribution in [2.75, 3.05) is 26.2 Å². The molecule has 8 heteroatoms. The van der Waals surface area contributed by atoms with E-state index in [1.165, 1.54) is 4.31 Å². The molecule has 1 amide bonds. The van der Waals surface area contributed by atoms with E-state index >= 15 is 0 Å². The molecular weight excluding hydrogens is 412 g/mol. The van der Waals surface area contributed by atoms with Gasteiger partial charge >= 0.3 is 0 Å². The molecule has 156 valence electrons. The Bertz CT molecular complexity index is 984. The van der Waals surface area contributed by atoms with Crippen LogP contribution >= 0.6 is 11.6 Å². The second-order valence-corrected chi connectivity index (χ2v) is 9.56. The van der Waals surface area contributed by atoms with Crippen LogP contribution in [0.25, 0.3) is 0 Å². The van der Waals surface area contributed by atoms with E-state index in [0.29, 0.717) is 23.9 Å². The number of aryl methyl sites for hydroxylation is 2. The highest BCUT2D eigenvalue weighted by Crippen LogP contribution is 2.23. The number of hydrogen-bond donors (Lipinski definition) is 0. The second-order valence-electron chi connectivity index (χ2n) is 7.21. The van der Waals surface area contributed by atoms with Crippen LogP contribution in [0, 0.1) is 13.8 Å². The maximum absolute atomic E-state index is 12.8. The first-order chi connectivity index (χ1) is 13.7. The topological polar surface area (TPSA) is 66.9 Å². The zero-order valence-electron chi connectivity index (χ0n) is 16.8. The van der Waals surface area contributed by atoms with Crippen molar-refractivity contribution in [3.63, 3.8) is 0 Å². The van der Waals surface area contributed by atoms with Crippen LogP contribution in [0.1, 0.15) is 18.1 Å². The normalized spacial score (nSPS) is 16.5. The van der Waals surface area contributed by atoms with Crippen molar-refractivity contribution in [3.8, 4) is 5.75 Å². The van der Waals surface area contributed by atoms with Gasteiger partial charge < -0.3 is 9.64 Å². The van der Waals surface area contributed by atoms with Crippen molar-refractivity contribution in [3.05, 3.63) is 58.6 Å². The fraction of sp³-hybridized carbons (Fsp3) is 0.381. The number of piperazine rings is 1. The fourth-order valence-electron chi connectivity index (χ4n) is 3.21. The lowest BCUT2D eigenvalue weighted by Crippen LogP contribution is -2.53. The van der Waals surface area contributed by atoms with Crippen molar-refractivity contribution in [2.45, 2.75) is 31.8 Å². The lowest BCUT2D eigenvalue weighted by molar-refractivity contribution is -0.139. The third-order valence-electron chi connectivity index (χ3n) is 5.00. The first-order valence-electron chi connectivity index (χ1n) is 9.47. The molecule has 1 aliphatic heterocycles. The Balaban J connectivity index is 1.60. The maximum Gasteiger partial charge on any atom is 0.263 e. The van der Waals surface area contributed by atoms with Crippen LogP contribution in [0.2, 0.25) is 5.02 Å². The predicted octanol–water partition coefficient (Wildman–Crippen LogP) is 3.26. The van der Waals surface area contributed by atoms with Crippen LogP contribution in [0.15, 0.2) is 47.4 Å². The molecule has 0 radical (unpaired) electrons. The molecule has 0 saturated carbocycles. The largest absolute Gasteiger partial charge is 0.481 e. The standard InChI is InChI=1S/C21H25ClN2O4S/c1-15-4-7-19(8-5-15)29(26,27)24-12-10-23(11-13-24)21(25)17(3)28-18-6-9-20(22)16(2)14-18/h4-9,14,17H,10-13H2,1-3H3/t17-/m0/s1. The van der Waals surface area contributed by atoms with Gasteiger partial charge in [0.2, 0.25) is 10.0 Å². The summed E-state index contributed by atoms with van der Waals surface area (Å²) in [6.07, 6.45) is -0.671. The number of nitrogens with zero attached hydrogens (tertiary/aromatic N) is 2. The molecule has 1 fully saturated rings. The summed E-state index contributed by atoms with van der Waals surface area (Å²) < 4.78 is 32.8. The van der Waals surface area contributed by atoms with E-state index in [0.717, 1.165) is 11.1 Å². The Hall–Kier alpha value is -2.09. The lowest BCUT2D eigenvalue weighted by Gasteiger charge is -2.35. The molecule has 0 bridgehead atoms. The van der Waals surface area contributed by atoms with E-state index in [9.17, 15) is 13.2 Å². The van der Waals surface area contributed by atoms with Crippen molar-refractivity contribution in [2.24, 2.45) is 0 Å². The molecule has 1 atom stereocenters. The van der Waals surface area contributed by atoms with Gasteiger partial charge in [-0.2, -0.15) is 4.31 Å². The van der Waals surface area contributed by atoms with E-state index in [4.69, 9.17) is 16.3 Å². The van der Waals surface area contributed by atoms with Crippen LogP contribution in [0.4, 0.5) is 0 Å². The van der Waals surface area contributed by atoms with E-state index < -0.39 is 16.1 Å². The number of carbonyl (C=O) groups is 1. The summed E-state index contributed by atoms with van der Waals surface area (Å²) in [7, 11) is -3.55. The fourth-order valence-corrected chi connectivity index (χ4v) is 4.75. The Morgan fingerprint density at radius 1 is 1.03 bits per heavy atom. The summed E-state index contributed by atoms with van der Waals surface area (Å²) in [6.45, 7) is 6.66. The van der Waals surface area contributed by atoms with Crippen LogP contribution in [0.5, 0.6) is 5.75 Å². The van der Waals surface area contributed by atoms with Crippen molar-refractivity contribution in [1.82, 2.24) is 9.21 Å². The van der Waals surface area contributed by atoms with Gasteiger partial charge in [0.15, 0.2) is 6.10 Å². The minimum absolute atomic E-state index is 0.162. The van der Waals surface area contributed by atoms with E-state index in [-0.39, 0.29) is 23.9 Å². The van der Waals surface area contributed by atoms with Crippen LogP contribution in [-0.2, 0) is 14.8 Å². The molecule has 3 rings (SSSR count). The number of carbonyl (C=O) groups excluding carboxylic acids is 1. The van der Waals surface area contributed by atoms with Gasteiger partial charge in [0, 0.05) is 31.2 Å². The number of ether oxygens (including phenoxy) is 1. The summed E-state index contributed by atoms with van der Waals surface area (Å²) in [5, 5.41) is 0.641. The van der Waals surface area contributed by atoms with Crippen molar-refractivity contribution in [1.29, 1.82) is 0 Å². The SMILES string of the molecule is Cc1ccc(S(=O)(=O)N2CCN(C(=O)[C@H](C)Oc3ccc(Cl)c(C)c3)CC2)cc1. The molecule has 0 aliphatic carbocycles. The van der Waals surface area contributed by atoms with Crippen LogP contribution in [0.3, 0.4) is 0 Å². The molecule has 0 aromatic heterocycles. The summed E-state index contributed by atoms with van der Waals surface area (Å²) in [5.41, 5.74) is 1.88. The number of amides is 1. The number of hydrogen-bond acceptors (Lipinski definition) is 4. The lowest BCUT2D eigenvalue weighted by atomic mass is 10.2. The van der Waals surface area contributed by atoms with Crippen LogP contribution < -0.4 is 4.74 Å². The number of benzene rings is 2. The van der Waals surface area contributed by atoms with Gasteiger partial charge in [0.05, 0.1) is 4.90 Å². The molecular formula is C21H25ClN2O4S. The van der Waals surface area contributed by atoms with Gasteiger partial charge in [-0.15, -0.1) is 0 Å². The van der Waals surface area contributed by atoms with Gasteiger partial charge in [-0.1, -0.05) is 29.3 Å². The quantitative estimate of drug-likeness (QED) is 0.721. The highest BCUT2D eigenvalue weighted by Gasteiger charge is 2.32. The molecule has 0 N–H and O–H groups in total. The summed E-state index contributed by atoms with van der Waals surface area (Å²) >= 11 is 6.02. The third kappa shape index (κ3) is 4.91. The van der Waals surface area contributed by atoms with Gasteiger partial charge in [-0.05, 0) is 56.7 Å². The van der Waals surface area contributed by atoms with Gasteiger partial charge in [0.25, 0.3) is 5.91 Å². The smallest absolute Gasteiger partial charge is 0.263 e. The number of sulfonamides is 1. The minimum atomic E-state index is -3.55. The zero-order chi connectivity index (χ0) is 21.2. The average molecular weight is 437 g/mol. The molecule has 0 unspecified atom stereocenters. The van der Waals surface area contributed by atoms with Crippen LogP contribution in [-0.4, -0.2) is 55.8 Å². The monoisotopic (exact) mass is 436 g/mol. The highest BCUT2D eigenvalue weighted by atomic mass is 35.5. The van der Waals surface area contributed by atoms with E-state index in [1.807, 2.05) is 13.8 Å². The molecule has 0 spiro atoms. The zero-order valence-corrected chi connectivity index (χ0v) is 18.3. The Morgan fingerprint density at radius 2 is 1.66 bits per heavy atom. The van der Waals surface area contributed by atoms with E-state index in [2.05, 4.69) is 0 Å². The molecule has 2 aromatic carbocycles. The molecule has 2 aromatic rings. The average Bonchev–Trinajstić information content (AvgIpc) is 2.70. The molecule has 6 nitrogen and oxygen atoms in total. The Labute approximate surface area is 177 Å². The predicted molar refractivity (Wildman–Crippen MR) is 113 cm³/mol. The Morgan fingerprint density at radius 3 is 2.24 bits per heavy atom. The highest BCUT2D eigenvalue weighted by molar-refractivity contribution is 7.89. The summed E-state index contributed by atoms with van der Waals surface area (Å²) in [6, 6.07) is 12.0. The first-order valence-corrected chi connectivity index (χ1v) is 11.3. The molecule has 29 heavy (non-hydrogen) atoms.